The first kappa shape index (κ1) is 13.9. The highest BCUT2D eigenvalue weighted by molar-refractivity contribution is 6.30. The summed E-state index contributed by atoms with van der Waals surface area (Å²) in [5.41, 5.74) is 9.04. The Morgan fingerprint density at radius 1 is 1.28 bits per heavy atom. The van der Waals surface area contributed by atoms with Crippen molar-refractivity contribution in [1.29, 1.82) is 0 Å². The highest BCUT2D eigenvalue weighted by Crippen LogP contribution is 2.41. The summed E-state index contributed by atoms with van der Waals surface area (Å²) in [7, 11) is 1.88. The fourth-order valence-electron chi connectivity index (χ4n) is 2.83. The van der Waals surface area contributed by atoms with Crippen LogP contribution in [0.4, 0.5) is 0 Å². The Balaban J connectivity index is 2.14. The van der Waals surface area contributed by atoms with Crippen LogP contribution in [0.5, 0.6) is 0 Å². The van der Waals surface area contributed by atoms with Crippen molar-refractivity contribution in [2.75, 3.05) is 0 Å². The monoisotopic (exact) mass is 269 g/mol. The van der Waals surface area contributed by atoms with Crippen LogP contribution >= 0.6 is 11.6 Å². The van der Waals surface area contributed by atoms with Crippen LogP contribution in [0, 0.1) is 12.3 Å². The zero-order chi connectivity index (χ0) is 13.6. The van der Waals surface area contributed by atoms with Crippen LogP contribution in [0.1, 0.15) is 50.8 Å². The molecule has 1 fully saturated rings. The molecule has 3 nitrogen and oxygen atoms in total. The van der Waals surface area contributed by atoms with Gasteiger partial charge in [-0.25, -0.2) is 0 Å². The van der Waals surface area contributed by atoms with Crippen LogP contribution in [0.2, 0.25) is 5.15 Å². The second-order valence-corrected chi connectivity index (χ2v) is 7.04. The summed E-state index contributed by atoms with van der Waals surface area (Å²) < 4.78 is 1.74. The smallest absolute Gasteiger partial charge is 0.130 e. The zero-order valence-electron chi connectivity index (χ0n) is 11.9. The Kier molecular flexibility index (Phi) is 3.50. The molecule has 0 atom stereocenters. The molecule has 0 radical (unpaired) electrons. The molecule has 2 rings (SSSR count). The minimum Gasteiger partial charge on any atom is -0.325 e. The molecule has 0 spiro atoms. The lowest BCUT2D eigenvalue weighted by Crippen LogP contribution is -2.47. The lowest BCUT2D eigenvalue weighted by molar-refractivity contribution is 0.164. The molecule has 1 aliphatic carbocycles. The number of halogens is 1. The maximum Gasteiger partial charge on any atom is 0.130 e. The zero-order valence-corrected chi connectivity index (χ0v) is 12.6. The van der Waals surface area contributed by atoms with Gasteiger partial charge in [0.15, 0.2) is 0 Å². The molecule has 102 valence electrons. The van der Waals surface area contributed by atoms with Gasteiger partial charge in [0, 0.05) is 18.2 Å². The minimum atomic E-state index is -0.104. The third-order valence-electron chi connectivity index (χ3n) is 4.40. The summed E-state index contributed by atoms with van der Waals surface area (Å²) in [6, 6.07) is 0. The van der Waals surface area contributed by atoms with E-state index in [9.17, 15) is 0 Å². The van der Waals surface area contributed by atoms with Gasteiger partial charge in [-0.3, -0.25) is 4.68 Å². The van der Waals surface area contributed by atoms with E-state index in [-0.39, 0.29) is 5.54 Å². The second kappa shape index (κ2) is 4.53. The summed E-state index contributed by atoms with van der Waals surface area (Å²) in [6.45, 7) is 6.67. The van der Waals surface area contributed by atoms with Crippen molar-refractivity contribution < 1.29 is 0 Å². The van der Waals surface area contributed by atoms with Crippen molar-refractivity contribution >= 4 is 11.6 Å². The standard InChI is InChI=1S/C14H24ClN3/c1-10-11(12(15)18(4)17-10)9-14(16)7-5-13(2,3)6-8-14/h5-9,16H2,1-4H3. The van der Waals surface area contributed by atoms with E-state index in [1.807, 2.05) is 14.0 Å². The highest BCUT2D eigenvalue weighted by atomic mass is 35.5. The first-order chi connectivity index (χ1) is 8.22. The fraction of sp³-hybridized carbons (Fsp3) is 0.786. The normalized spacial score (nSPS) is 22.1. The van der Waals surface area contributed by atoms with E-state index in [0.717, 1.165) is 35.7 Å². The summed E-state index contributed by atoms with van der Waals surface area (Å²) in [5, 5.41) is 5.10. The molecule has 0 unspecified atom stereocenters. The van der Waals surface area contributed by atoms with Crippen LogP contribution < -0.4 is 5.73 Å². The molecule has 1 aromatic rings. The molecule has 1 saturated carbocycles. The molecule has 4 heteroatoms. The minimum absolute atomic E-state index is 0.104. The largest absolute Gasteiger partial charge is 0.325 e. The molecule has 18 heavy (non-hydrogen) atoms. The van der Waals surface area contributed by atoms with Crippen molar-refractivity contribution in [3.63, 3.8) is 0 Å². The Labute approximate surface area is 115 Å². The van der Waals surface area contributed by atoms with E-state index in [1.165, 1.54) is 12.8 Å². The van der Waals surface area contributed by atoms with Crippen LogP contribution in [-0.4, -0.2) is 15.3 Å². The summed E-state index contributed by atoms with van der Waals surface area (Å²) in [4.78, 5) is 0. The molecule has 0 aromatic carbocycles. The van der Waals surface area contributed by atoms with Gasteiger partial charge in [0.25, 0.3) is 0 Å². The first-order valence-electron chi connectivity index (χ1n) is 6.69. The van der Waals surface area contributed by atoms with Crippen molar-refractivity contribution in [2.45, 2.75) is 58.4 Å². The van der Waals surface area contributed by atoms with Crippen molar-refractivity contribution in [2.24, 2.45) is 18.2 Å². The lowest BCUT2D eigenvalue weighted by atomic mass is 9.68. The van der Waals surface area contributed by atoms with Gasteiger partial charge in [-0.1, -0.05) is 25.4 Å². The van der Waals surface area contributed by atoms with E-state index in [1.54, 1.807) is 4.68 Å². The molecular formula is C14H24ClN3. The van der Waals surface area contributed by atoms with Crippen LogP contribution in [0.3, 0.4) is 0 Å². The van der Waals surface area contributed by atoms with Gasteiger partial charge in [0.1, 0.15) is 5.15 Å². The number of nitrogens with two attached hydrogens (primary N) is 1. The number of hydrogen-bond donors (Lipinski definition) is 1. The average molecular weight is 270 g/mol. The van der Waals surface area contributed by atoms with Gasteiger partial charge in [-0.15, -0.1) is 0 Å². The average Bonchev–Trinajstić information content (AvgIpc) is 2.51. The molecule has 0 amide bonds. The molecule has 0 bridgehead atoms. The Hall–Kier alpha value is -0.540. The molecule has 0 saturated heterocycles. The Bertz CT molecular complexity index is 438. The molecular weight excluding hydrogens is 246 g/mol. The molecule has 2 N–H and O–H groups in total. The maximum absolute atomic E-state index is 6.56. The SMILES string of the molecule is Cc1nn(C)c(Cl)c1CC1(N)CCC(C)(C)CC1. The van der Waals surface area contributed by atoms with E-state index in [0.29, 0.717) is 5.41 Å². The topological polar surface area (TPSA) is 43.8 Å². The van der Waals surface area contributed by atoms with Crippen LogP contribution in [0.25, 0.3) is 0 Å². The van der Waals surface area contributed by atoms with E-state index < -0.39 is 0 Å². The van der Waals surface area contributed by atoms with Crippen molar-refractivity contribution in [1.82, 2.24) is 9.78 Å². The molecule has 1 aliphatic rings. The van der Waals surface area contributed by atoms with Crippen molar-refractivity contribution in [3.8, 4) is 0 Å². The van der Waals surface area contributed by atoms with Crippen LogP contribution in [0.15, 0.2) is 0 Å². The van der Waals surface area contributed by atoms with Crippen molar-refractivity contribution in [3.05, 3.63) is 16.4 Å². The second-order valence-electron chi connectivity index (χ2n) is 6.68. The van der Waals surface area contributed by atoms with Gasteiger partial charge < -0.3 is 5.73 Å². The molecule has 0 aliphatic heterocycles. The van der Waals surface area contributed by atoms with E-state index in [2.05, 4.69) is 18.9 Å². The Morgan fingerprint density at radius 3 is 2.28 bits per heavy atom. The van der Waals surface area contributed by atoms with Gasteiger partial charge in [0.2, 0.25) is 0 Å². The number of nitrogens with zero attached hydrogens (tertiary/aromatic N) is 2. The third-order valence-corrected chi connectivity index (χ3v) is 4.87. The van der Waals surface area contributed by atoms with Gasteiger partial charge in [0.05, 0.1) is 5.69 Å². The number of hydrogen-bond acceptors (Lipinski definition) is 2. The van der Waals surface area contributed by atoms with E-state index >= 15 is 0 Å². The van der Waals surface area contributed by atoms with Gasteiger partial charge in [-0.05, 0) is 44.4 Å². The number of rotatable bonds is 2. The maximum atomic E-state index is 6.56. The predicted octanol–water partition coefficient (Wildman–Crippen LogP) is 3.22. The predicted molar refractivity (Wildman–Crippen MR) is 75.8 cm³/mol. The quantitative estimate of drug-likeness (QED) is 0.896. The Morgan fingerprint density at radius 2 is 1.83 bits per heavy atom. The van der Waals surface area contributed by atoms with Gasteiger partial charge >= 0.3 is 0 Å². The first-order valence-corrected chi connectivity index (χ1v) is 7.07. The van der Waals surface area contributed by atoms with Gasteiger partial charge in [-0.2, -0.15) is 5.10 Å². The fourth-order valence-corrected chi connectivity index (χ4v) is 3.07. The highest BCUT2D eigenvalue weighted by Gasteiger charge is 2.36. The number of aromatic nitrogens is 2. The molecule has 1 aromatic heterocycles. The third kappa shape index (κ3) is 2.72. The van der Waals surface area contributed by atoms with E-state index in [4.69, 9.17) is 17.3 Å². The summed E-state index contributed by atoms with van der Waals surface area (Å²) in [5.74, 6) is 0. The molecule has 1 heterocycles. The summed E-state index contributed by atoms with van der Waals surface area (Å²) in [6.07, 6.45) is 5.39. The number of aryl methyl sites for hydroxylation is 2. The van der Waals surface area contributed by atoms with Crippen LogP contribution in [-0.2, 0) is 13.5 Å². The lowest BCUT2D eigenvalue weighted by Gasteiger charge is -2.41. The summed E-state index contributed by atoms with van der Waals surface area (Å²) >= 11 is 6.30.